The highest BCUT2D eigenvalue weighted by atomic mass is 32.2. The van der Waals surface area contributed by atoms with Gasteiger partial charge in [-0.05, 0) is 18.6 Å². The smallest absolute Gasteiger partial charge is 0.211 e. The number of aromatic nitrogens is 4. The van der Waals surface area contributed by atoms with E-state index in [-0.39, 0.29) is 12.3 Å². The van der Waals surface area contributed by atoms with Crippen LogP contribution in [0.2, 0.25) is 0 Å². The quantitative estimate of drug-likeness (QED) is 0.832. The lowest BCUT2D eigenvalue weighted by molar-refractivity contribution is 0.579. The monoisotopic (exact) mass is 281 g/mol. The van der Waals surface area contributed by atoms with E-state index in [1.807, 2.05) is 13.0 Å². The minimum Gasteiger partial charge on any atom is -0.262 e. The van der Waals surface area contributed by atoms with Crippen molar-refractivity contribution in [1.82, 2.24) is 24.7 Å². The molecule has 0 aromatic carbocycles. The van der Waals surface area contributed by atoms with E-state index in [9.17, 15) is 8.42 Å². The summed E-state index contributed by atoms with van der Waals surface area (Å²) < 4.78 is 27.0. The van der Waals surface area contributed by atoms with Crippen molar-refractivity contribution in [3.05, 3.63) is 36.4 Å². The topological polar surface area (TPSA) is 89.8 Å². The van der Waals surface area contributed by atoms with Crippen LogP contribution in [0.3, 0.4) is 0 Å². The highest BCUT2D eigenvalue weighted by molar-refractivity contribution is 7.89. The summed E-state index contributed by atoms with van der Waals surface area (Å²) in [7, 11) is -3.22. The van der Waals surface area contributed by atoms with Gasteiger partial charge < -0.3 is 0 Å². The number of hydrogen-bond acceptors (Lipinski definition) is 5. The maximum absolute atomic E-state index is 11.5. The number of sulfonamides is 1. The molecule has 1 N–H and O–H groups in total. The molecule has 0 spiro atoms. The molecule has 0 aliphatic carbocycles. The molecule has 0 aliphatic heterocycles. The third-order valence-electron chi connectivity index (χ3n) is 2.40. The second-order valence-electron chi connectivity index (χ2n) is 4.01. The molecular formula is C11H15N5O2S. The Balaban J connectivity index is 2.03. The van der Waals surface area contributed by atoms with Crippen LogP contribution >= 0.6 is 0 Å². The Morgan fingerprint density at radius 2 is 2.26 bits per heavy atom. The van der Waals surface area contributed by atoms with E-state index in [0.29, 0.717) is 12.1 Å². The zero-order chi connectivity index (χ0) is 13.7. The molecule has 2 aromatic rings. The SMILES string of the molecule is CCCS(=O)(=O)NCc1cn(-c2cccnc2)nn1. The fourth-order valence-electron chi connectivity index (χ4n) is 1.52. The molecule has 0 amide bonds. The van der Waals surface area contributed by atoms with Gasteiger partial charge in [0.1, 0.15) is 0 Å². The normalized spacial score (nSPS) is 11.6. The molecule has 0 radical (unpaired) electrons. The molecule has 2 rings (SSSR count). The van der Waals surface area contributed by atoms with Crippen molar-refractivity contribution in [2.45, 2.75) is 19.9 Å². The molecule has 8 heteroatoms. The Morgan fingerprint density at radius 1 is 1.42 bits per heavy atom. The molecule has 0 atom stereocenters. The van der Waals surface area contributed by atoms with Crippen LogP contribution in [-0.4, -0.2) is 34.1 Å². The fraction of sp³-hybridized carbons (Fsp3) is 0.364. The van der Waals surface area contributed by atoms with Crippen LogP contribution < -0.4 is 4.72 Å². The number of pyridine rings is 1. The van der Waals surface area contributed by atoms with Crippen LogP contribution in [-0.2, 0) is 16.6 Å². The Morgan fingerprint density at radius 3 is 2.95 bits per heavy atom. The molecule has 7 nitrogen and oxygen atoms in total. The largest absolute Gasteiger partial charge is 0.262 e. The van der Waals surface area contributed by atoms with Crippen LogP contribution in [0.1, 0.15) is 19.0 Å². The number of nitrogens with zero attached hydrogens (tertiary/aromatic N) is 4. The van der Waals surface area contributed by atoms with Crippen molar-refractivity contribution in [2.75, 3.05) is 5.75 Å². The number of rotatable bonds is 6. The van der Waals surface area contributed by atoms with Crippen molar-refractivity contribution in [2.24, 2.45) is 0 Å². The Labute approximate surface area is 111 Å². The molecule has 19 heavy (non-hydrogen) atoms. The molecule has 0 aliphatic rings. The highest BCUT2D eigenvalue weighted by Crippen LogP contribution is 2.04. The second-order valence-corrected chi connectivity index (χ2v) is 5.93. The van der Waals surface area contributed by atoms with Crippen molar-refractivity contribution in [3.8, 4) is 5.69 Å². The number of nitrogens with one attached hydrogen (secondary N) is 1. The molecule has 0 fully saturated rings. The molecule has 0 bridgehead atoms. The first kappa shape index (κ1) is 13.6. The average Bonchev–Trinajstić information content (AvgIpc) is 2.86. The van der Waals surface area contributed by atoms with Crippen LogP contribution in [0.25, 0.3) is 5.69 Å². The second kappa shape index (κ2) is 5.89. The summed E-state index contributed by atoms with van der Waals surface area (Å²) in [5.41, 5.74) is 1.33. The van der Waals surface area contributed by atoms with Crippen LogP contribution in [0.5, 0.6) is 0 Å². The minimum atomic E-state index is -3.22. The van der Waals surface area contributed by atoms with Crippen LogP contribution in [0.15, 0.2) is 30.7 Å². The van der Waals surface area contributed by atoms with E-state index in [1.165, 1.54) is 0 Å². The average molecular weight is 281 g/mol. The summed E-state index contributed by atoms with van der Waals surface area (Å²) in [6.45, 7) is 1.96. The fourth-order valence-corrected chi connectivity index (χ4v) is 2.57. The Hall–Kier alpha value is -1.80. The maximum atomic E-state index is 11.5. The van der Waals surface area contributed by atoms with Gasteiger partial charge in [-0.2, -0.15) is 0 Å². The first-order valence-electron chi connectivity index (χ1n) is 5.89. The van der Waals surface area contributed by atoms with Gasteiger partial charge in [0.05, 0.1) is 36.1 Å². The molecule has 0 unspecified atom stereocenters. The summed E-state index contributed by atoms with van der Waals surface area (Å²) in [6, 6.07) is 3.63. The van der Waals surface area contributed by atoms with Gasteiger partial charge in [-0.15, -0.1) is 5.10 Å². The Bertz CT molecular complexity index is 624. The summed E-state index contributed by atoms with van der Waals surface area (Å²) in [5.74, 6) is 0.115. The summed E-state index contributed by atoms with van der Waals surface area (Å²) >= 11 is 0. The molecule has 102 valence electrons. The van der Waals surface area contributed by atoms with E-state index in [2.05, 4.69) is 20.0 Å². The minimum absolute atomic E-state index is 0.115. The predicted molar refractivity (Wildman–Crippen MR) is 70.1 cm³/mol. The zero-order valence-corrected chi connectivity index (χ0v) is 11.3. The van der Waals surface area contributed by atoms with E-state index < -0.39 is 10.0 Å². The molecule has 0 saturated carbocycles. The third kappa shape index (κ3) is 3.83. The van der Waals surface area contributed by atoms with Gasteiger partial charge in [0.25, 0.3) is 0 Å². The van der Waals surface area contributed by atoms with Gasteiger partial charge in [-0.1, -0.05) is 12.1 Å². The summed E-state index contributed by atoms with van der Waals surface area (Å²) in [6.07, 6.45) is 5.57. The van der Waals surface area contributed by atoms with Crippen molar-refractivity contribution in [3.63, 3.8) is 0 Å². The molecular weight excluding hydrogens is 266 g/mol. The molecule has 2 heterocycles. The molecule has 0 saturated heterocycles. The van der Waals surface area contributed by atoms with Gasteiger partial charge in [0, 0.05) is 6.20 Å². The lowest BCUT2D eigenvalue weighted by atomic mass is 10.4. The third-order valence-corrected chi connectivity index (χ3v) is 3.93. The van der Waals surface area contributed by atoms with E-state index >= 15 is 0 Å². The number of hydrogen-bond donors (Lipinski definition) is 1. The van der Waals surface area contributed by atoms with E-state index in [0.717, 1.165) is 5.69 Å². The lowest BCUT2D eigenvalue weighted by Gasteiger charge is -2.02. The summed E-state index contributed by atoms with van der Waals surface area (Å²) in [4.78, 5) is 3.98. The zero-order valence-electron chi connectivity index (χ0n) is 10.5. The lowest BCUT2D eigenvalue weighted by Crippen LogP contribution is -2.25. The van der Waals surface area contributed by atoms with Gasteiger partial charge >= 0.3 is 0 Å². The molecule has 2 aromatic heterocycles. The van der Waals surface area contributed by atoms with Crippen molar-refractivity contribution < 1.29 is 8.42 Å². The van der Waals surface area contributed by atoms with Gasteiger partial charge in [-0.25, -0.2) is 17.8 Å². The van der Waals surface area contributed by atoms with Crippen LogP contribution in [0.4, 0.5) is 0 Å². The summed E-state index contributed by atoms with van der Waals surface area (Å²) in [5, 5.41) is 7.84. The predicted octanol–water partition coefficient (Wildman–Crippen LogP) is 0.492. The van der Waals surface area contributed by atoms with Gasteiger partial charge in [-0.3, -0.25) is 4.98 Å². The Kier molecular flexibility index (Phi) is 4.23. The highest BCUT2D eigenvalue weighted by Gasteiger charge is 2.10. The van der Waals surface area contributed by atoms with E-state index in [1.54, 1.807) is 29.3 Å². The van der Waals surface area contributed by atoms with Crippen molar-refractivity contribution >= 4 is 10.0 Å². The standard InChI is InChI=1S/C11H15N5O2S/c1-2-6-19(17,18)13-7-10-9-16(15-14-10)11-4-3-5-12-8-11/h3-5,8-9,13H,2,6-7H2,1H3. The maximum Gasteiger partial charge on any atom is 0.211 e. The first-order valence-corrected chi connectivity index (χ1v) is 7.55. The van der Waals surface area contributed by atoms with E-state index in [4.69, 9.17) is 0 Å². The first-order chi connectivity index (χ1) is 9.11. The van der Waals surface area contributed by atoms with Crippen LogP contribution in [0, 0.1) is 0 Å². The van der Waals surface area contributed by atoms with Crippen molar-refractivity contribution in [1.29, 1.82) is 0 Å². The van der Waals surface area contributed by atoms with Gasteiger partial charge in [0.15, 0.2) is 0 Å². The van der Waals surface area contributed by atoms with Gasteiger partial charge in [0.2, 0.25) is 10.0 Å².